The van der Waals surface area contributed by atoms with Crippen molar-refractivity contribution in [3.05, 3.63) is 109 Å². The van der Waals surface area contributed by atoms with Gasteiger partial charge in [-0.1, -0.05) is 72.8 Å². The number of hydrogen-bond acceptors (Lipinski definition) is 1. The van der Waals surface area contributed by atoms with Crippen LogP contribution in [-0.4, -0.2) is 8.80 Å². The first kappa shape index (κ1) is 18.9. The maximum absolute atomic E-state index is 6.64. The van der Waals surface area contributed by atoms with Crippen molar-refractivity contribution in [1.82, 2.24) is 8.80 Å². The van der Waals surface area contributed by atoms with E-state index in [0.717, 1.165) is 11.2 Å². The van der Waals surface area contributed by atoms with E-state index in [1.165, 1.54) is 87.0 Å². The summed E-state index contributed by atoms with van der Waals surface area (Å²) in [5.41, 5.74) is 9.34. The van der Waals surface area contributed by atoms with Gasteiger partial charge in [0.15, 0.2) is 0 Å². The van der Waals surface area contributed by atoms with E-state index in [2.05, 4.69) is 118 Å². The van der Waals surface area contributed by atoms with Crippen LogP contribution in [0.4, 0.5) is 0 Å². The van der Waals surface area contributed by atoms with Gasteiger partial charge in [0.25, 0.3) is 0 Å². The summed E-state index contributed by atoms with van der Waals surface area (Å²) in [7, 11) is 0. The van der Waals surface area contributed by atoms with Gasteiger partial charge in [0.1, 0.15) is 11.2 Å². The summed E-state index contributed by atoms with van der Waals surface area (Å²) in [6, 6.07) is 40.0. The Bertz CT molecular complexity index is 2630. The molecule has 0 atom stereocenters. The van der Waals surface area contributed by atoms with Gasteiger partial charge in [0, 0.05) is 66.0 Å². The lowest BCUT2D eigenvalue weighted by Crippen LogP contribution is -1.80. The number of furan rings is 1. The summed E-state index contributed by atoms with van der Waals surface area (Å²) in [5.74, 6) is 0. The largest absolute Gasteiger partial charge is 0.456 e. The molecule has 11 rings (SSSR count). The van der Waals surface area contributed by atoms with Crippen LogP contribution >= 0.6 is 0 Å². The van der Waals surface area contributed by atoms with Gasteiger partial charge < -0.3 is 13.2 Å². The van der Waals surface area contributed by atoms with E-state index in [0.29, 0.717) is 0 Å². The van der Waals surface area contributed by atoms with Crippen molar-refractivity contribution in [2.45, 2.75) is 0 Å². The highest BCUT2D eigenvalue weighted by atomic mass is 16.3. The number of para-hydroxylation sites is 4. The van der Waals surface area contributed by atoms with Crippen molar-refractivity contribution < 1.29 is 4.42 Å². The lowest BCUT2D eigenvalue weighted by atomic mass is 10.0. The molecule has 0 aliphatic carbocycles. The normalized spacial score (nSPS) is 13.1. The Hall–Kier alpha value is -5.28. The SMILES string of the molecule is c1ccc2c(c1)c1cccc3c4cc5c(cc4n2c13)oc1cc2c(cc15)c1cccc3c4ccccc4n2c31. The van der Waals surface area contributed by atoms with Gasteiger partial charge in [-0.15, -0.1) is 0 Å². The van der Waals surface area contributed by atoms with Crippen molar-refractivity contribution in [1.29, 1.82) is 0 Å². The van der Waals surface area contributed by atoms with Crippen LogP contribution in [0.5, 0.6) is 0 Å². The Labute approximate surface area is 220 Å². The molecule has 3 nitrogen and oxygen atoms in total. The summed E-state index contributed by atoms with van der Waals surface area (Å²) in [6.45, 7) is 0. The van der Waals surface area contributed by atoms with E-state index in [1.807, 2.05) is 0 Å². The number of aromatic nitrogens is 2. The average Bonchev–Trinajstić information content (AvgIpc) is 3.76. The Morgan fingerprint density at radius 2 is 0.744 bits per heavy atom. The highest BCUT2D eigenvalue weighted by Gasteiger charge is 2.21. The molecule has 0 radical (unpaired) electrons. The lowest BCUT2D eigenvalue weighted by Gasteiger charge is -1.99. The molecule has 0 amide bonds. The highest BCUT2D eigenvalue weighted by Crippen LogP contribution is 2.44. The van der Waals surface area contributed by atoms with Crippen LogP contribution in [0.15, 0.2) is 114 Å². The van der Waals surface area contributed by atoms with Crippen LogP contribution in [0.3, 0.4) is 0 Å². The molecule has 6 aromatic carbocycles. The van der Waals surface area contributed by atoms with Gasteiger partial charge in [-0.2, -0.15) is 0 Å². The minimum absolute atomic E-state index is 0.932. The Morgan fingerprint density at radius 3 is 1.23 bits per heavy atom. The molecule has 0 fully saturated rings. The van der Waals surface area contributed by atoms with Crippen LogP contribution in [0, 0.1) is 0 Å². The van der Waals surface area contributed by atoms with Crippen molar-refractivity contribution in [2.75, 3.05) is 0 Å². The predicted octanol–water partition coefficient (Wildman–Crippen LogP) is 9.89. The Kier molecular flexibility index (Phi) is 2.93. The van der Waals surface area contributed by atoms with Crippen LogP contribution < -0.4 is 0 Å². The summed E-state index contributed by atoms with van der Waals surface area (Å²) in [6.07, 6.45) is 0. The van der Waals surface area contributed by atoms with Crippen LogP contribution in [-0.2, 0) is 0 Å². The lowest BCUT2D eigenvalue weighted by molar-refractivity contribution is 0.670. The van der Waals surface area contributed by atoms with Gasteiger partial charge in [0.2, 0.25) is 0 Å². The van der Waals surface area contributed by atoms with E-state index in [9.17, 15) is 0 Å². The molecule has 0 spiro atoms. The molecule has 0 aliphatic heterocycles. The molecule has 0 saturated heterocycles. The van der Waals surface area contributed by atoms with Crippen molar-refractivity contribution in [3.8, 4) is 0 Å². The van der Waals surface area contributed by atoms with Crippen LogP contribution in [0.1, 0.15) is 0 Å². The standard InChI is InChI=1S/C36H18N2O/c1-3-13-29-19(7-1)21-9-5-11-23-25-15-27-28-16-26-24-12-6-10-22-20-8-2-4-14-30(20)38(36(22)24)32(26)18-34(28)39-33(27)17-31(25)37(29)35(21)23/h1-18H. The topological polar surface area (TPSA) is 22.0 Å². The Balaban J connectivity index is 1.34. The van der Waals surface area contributed by atoms with E-state index >= 15 is 0 Å². The van der Waals surface area contributed by atoms with Crippen LogP contribution in [0.25, 0.3) is 98.1 Å². The highest BCUT2D eigenvalue weighted by molar-refractivity contribution is 6.28. The molecule has 0 bridgehead atoms. The van der Waals surface area contributed by atoms with Gasteiger partial charge in [-0.3, -0.25) is 0 Å². The second kappa shape index (κ2) is 6.06. The fraction of sp³-hybridized carbons (Fsp3) is 0. The molecular weight excluding hydrogens is 476 g/mol. The summed E-state index contributed by atoms with van der Waals surface area (Å²) in [4.78, 5) is 0. The zero-order chi connectivity index (χ0) is 25.0. The maximum Gasteiger partial charge on any atom is 0.137 e. The van der Waals surface area contributed by atoms with Gasteiger partial charge in [-0.25, -0.2) is 0 Å². The molecule has 5 heterocycles. The molecule has 0 unspecified atom stereocenters. The van der Waals surface area contributed by atoms with Crippen molar-refractivity contribution in [2.24, 2.45) is 0 Å². The number of fused-ring (bicyclic) bond motifs is 15. The van der Waals surface area contributed by atoms with Gasteiger partial charge in [-0.05, 0) is 24.3 Å². The maximum atomic E-state index is 6.64. The van der Waals surface area contributed by atoms with E-state index in [4.69, 9.17) is 4.42 Å². The molecule has 0 saturated carbocycles. The third-order valence-electron chi connectivity index (χ3n) is 9.16. The van der Waals surface area contributed by atoms with E-state index in [-0.39, 0.29) is 0 Å². The molecule has 178 valence electrons. The van der Waals surface area contributed by atoms with Gasteiger partial charge >= 0.3 is 0 Å². The van der Waals surface area contributed by atoms with E-state index in [1.54, 1.807) is 0 Å². The average molecular weight is 495 g/mol. The third kappa shape index (κ3) is 1.99. The minimum Gasteiger partial charge on any atom is -0.456 e. The van der Waals surface area contributed by atoms with Crippen molar-refractivity contribution in [3.63, 3.8) is 0 Å². The molecule has 3 heteroatoms. The second-order valence-electron chi connectivity index (χ2n) is 10.9. The van der Waals surface area contributed by atoms with Crippen molar-refractivity contribution >= 4 is 98.1 Å². The molecule has 5 aromatic heterocycles. The first-order chi connectivity index (χ1) is 19.3. The number of hydrogen-bond donors (Lipinski definition) is 0. The number of nitrogens with zero attached hydrogens (tertiary/aromatic N) is 2. The monoisotopic (exact) mass is 494 g/mol. The fourth-order valence-corrected chi connectivity index (χ4v) is 7.62. The molecule has 39 heavy (non-hydrogen) atoms. The summed E-state index contributed by atoms with van der Waals surface area (Å²) >= 11 is 0. The predicted molar refractivity (Wildman–Crippen MR) is 163 cm³/mol. The van der Waals surface area contributed by atoms with E-state index < -0.39 is 0 Å². The fourth-order valence-electron chi connectivity index (χ4n) is 7.62. The number of rotatable bonds is 0. The zero-order valence-electron chi connectivity index (χ0n) is 20.7. The Morgan fingerprint density at radius 1 is 0.333 bits per heavy atom. The summed E-state index contributed by atoms with van der Waals surface area (Å²) in [5, 5.41) is 12.7. The first-order valence-corrected chi connectivity index (χ1v) is 13.5. The van der Waals surface area contributed by atoms with Gasteiger partial charge in [0.05, 0.1) is 33.1 Å². The smallest absolute Gasteiger partial charge is 0.137 e. The molecule has 11 aromatic rings. The second-order valence-corrected chi connectivity index (χ2v) is 10.9. The zero-order valence-corrected chi connectivity index (χ0v) is 20.7. The molecular formula is C36H18N2O. The third-order valence-corrected chi connectivity index (χ3v) is 9.16. The quantitative estimate of drug-likeness (QED) is 0.206. The molecule has 0 aliphatic rings. The van der Waals surface area contributed by atoms with Crippen LogP contribution in [0.2, 0.25) is 0 Å². The molecule has 0 N–H and O–H groups in total. The number of benzene rings is 6. The summed E-state index contributed by atoms with van der Waals surface area (Å²) < 4.78 is 11.5. The minimum atomic E-state index is 0.932. The first-order valence-electron chi connectivity index (χ1n) is 13.5.